The van der Waals surface area contributed by atoms with Crippen molar-refractivity contribution >= 4 is 0 Å². The molecule has 0 atom stereocenters. The molecule has 2 nitrogen and oxygen atoms in total. The summed E-state index contributed by atoms with van der Waals surface area (Å²) in [7, 11) is 0. The molecule has 70 valence electrons. The maximum absolute atomic E-state index is 9.46. The molecule has 0 saturated heterocycles. The molecule has 2 N–H and O–H groups in total. The van der Waals surface area contributed by atoms with E-state index in [2.05, 4.69) is 0 Å². The first-order valence-corrected chi connectivity index (χ1v) is 4.66. The Balaban J connectivity index is 2.47. The molecule has 0 heterocycles. The van der Waals surface area contributed by atoms with Crippen molar-refractivity contribution in [1.29, 1.82) is 0 Å². The van der Waals surface area contributed by atoms with Gasteiger partial charge in [0.1, 0.15) is 5.75 Å². The van der Waals surface area contributed by atoms with Crippen LogP contribution in [0.2, 0.25) is 0 Å². The van der Waals surface area contributed by atoms with E-state index in [-0.39, 0.29) is 12.4 Å². The second-order valence-electron chi connectivity index (χ2n) is 3.71. The van der Waals surface area contributed by atoms with Crippen molar-refractivity contribution in [2.45, 2.75) is 32.3 Å². The van der Waals surface area contributed by atoms with Gasteiger partial charge in [-0.3, -0.25) is 0 Å². The molecule has 2 rings (SSSR count). The van der Waals surface area contributed by atoms with Gasteiger partial charge in [-0.1, -0.05) is 6.07 Å². The van der Waals surface area contributed by atoms with Crippen molar-refractivity contribution in [2.24, 2.45) is 0 Å². The number of aliphatic hydroxyl groups is 1. The summed E-state index contributed by atoms with van der Waals surface area (Å²) in [5.74, 6) is 0.885. The van der Waals surface area contributed by atoms with Crippen LogP contribution in [0.15, 0.2) is 12.1 Å². The van der Waals surface area contributed by atoms with E-state index in [1.54, 1.807) is 6.07 Å². The molecule has 0 amide bonds. The molecule has 0 radical (unpaired) electrons. The predicted octanol–water partition coefficient (Wildman–Crippen LogP) is 2.07. The van der Waals surface area contributed by atoms with Gasteiger partial charge in [0, 0.05) is 5.56 Å². The van der Waals surface area contributed by atoms with E-state index in [9.17, 15) is 5.11 Å². The summed E-state index contributed by atoms with van der Waals surface area (Å²) < 4.78 is 0. The molecule has 0 bridgehead atoms. The third kappa shape index (κ3) is 1.42. The number of phenols is 1. The number of hydrogen-bond acceptors (Lipinski definition) is 2. The molecule has 1 fully saturated rings. The molecule has 0 unspecified atom stereocenters. The Hall–Kier alpha value is -1.02. The van der Waals surface area contributed by atoms with Crippen LogP contribution >= 0.6 is 0 Å². The summed E-state index contributed by atoms with van der Waals surface area (Å²) in [6.07, 6.45) is 2.49. The summed E-state index contributed by atoms with van der Waals surface area (Å²) in [5, 5.41) is 18.5. The Morgan fingerprint density at radius 2 is 2.08 bits per heavy atom. The molecule has 1 aromatic rings. The van der Waals surface area contributed by atoms with Crippen LogP contribution in [-0.2, 0) is 6.61 Å². The van der Waals surface area contributed by atoms with Gasteiger partial charge in [0.2, 0.25) is 0 Å². The van der Waals surface area contributed by atoms with Crippen LogP contribution in [0.25, 0.3) is 0 Å². The van der Waals surface area contributed by atoms with Crippen molar-refractivity contribution in [1.82, 2.24) is 0 Å². The quantitative estimate of drug-likeness (QED) is 0.727. The normalized spacial score (nSPS) is 16.2. The number of aromatic hydroxyl groups is 1. The Morgan fingerprint density at radius 1 is 1.38 bits per heavy atom. The number of rotatable bonds is 2. The zero-order valence-electron chi connectivity index (χ0n) is 7.75. The molecule has 0 spiro atoms. The SMILES string of the molecule is Cc1c(C2CC2)ccc(O)c1CO. The average Bonchev–Trinajstić information content (AvgIpc) is 2.88. The standard InChI is InChI=1S/C11H14O2/c1-7-9(8-2-3-8)4-5-11(13)10(7)6-12/h4-5,8,12-13H,2-3,6H2,1H3. The van der Waals surface area contributed by atoms with E-state index in [4.69, 9.17) is 5.11 Å². The molecule has 0 aromatic heterocycles. The van der Waals surface area contributed by atoms with Gasteiger partial charge in [-0.15, -0.1) is 0 Å². The van der Waals surface area contributed by atoms with E-state index in [0.29, 0.717) is 11.5 Å². The fourth-order valence-corrected chi connectivity index (χ4v) is 1.80. The topological polar surface area (TPSA) is 40.5 Å². The van der Waals surface area contributed by atoms with Gasteiger partial charge in [0.05, 0.1) is 6.61 Å². The van der Waals surface area contributed by atoms with Gasteiger partial charge in [-0.05, 0) is 42.9 Å². The zero-order chi connectivity index (χ0) is 9.42. The number of benzene rings is 1. The highest BCUT2D eigenvalue weighted by molar-refractivity contribution is 5.45. The average molecular weight is 178 g/mol. The van der Waals surface area contributed by atoms with Gasteiger partial charge in [0.15, 0.2) is 0 Å². The largest absolute Gasteiger partial charge is 0.508 e. The highest BCUT2D eigenvalue weighted by atomic mass is 16.3. The Labute approximate surface area is 77.8 Å². The summed E-state index contributed by atoms with van der Waals surface area (Å²) in [5.41, 5.74) is 3.04. The fourth-order valence-electron chi connectivity index (χ4n) is 1.80. The van der Waals surface area contributed by atoms with Crippen molar-refractivity contribution in [2.75, 3.05) is 0 Å². The zero-order valence-corrected chi connectivity index (χ0v) is 7.75. The highest BCUT2D eigenvalue weighted by Crippen LogP contribution is 2.43. The van der Waals surface area contributed by atoms with E-state index in [1.165, 1.54) is 18.4 Å². The lowest BCUT2D eigenvalue weighted by Crippen LogP contribution is -1.94. The van der Waals surface area contributed by atoms with Gasteiger partial charge in [-0.25, -0.2) is 0 Å². The van der Waals surface area contributed by atoms with Crippen LogP contribution in [0.1, 0.15) is 35.4 Å². The minimum absolute atomic E-state index is 0.0712. The Morgan fingerprint density at radius 3 is 2.62 bits per heavy atom. The van der Waals surface area contributed by atoms with Crippen molar-refractivity contribution < 1.29 is 10.2 Å². The lowest BCUT2D eigenvalue weighted by molar-refractivity contribution is 0.274. The van der Waals surface area contributed by atoms with E-state index >= 15 is 0 Å². The third-order valence-corrected chi connectivity index (χ3v) is 2.79. The second-order valence-corrected chi connectivity index (χ2v) is 3.71. The third-order valence-electron chi connectivity index (χ3n) is 2.79. The maximum atomic E-state index is 9.46. The van der Waals surface area contributed by atoms with Gasteiger partial charge < -0.3 is 10.2 Å². The molecule has 1 aliphatic rings. The minimum Gasteiger partial charge on any atom is -0.508 e. The predicted molar refractivity (Wildman–Crippen MR) is 50.7 cm³/mol. The monoisotopic (exact) mass is 178 g/mol. The molecular weight excluding hydrogens is 164 g/mol. The molecule has 2 heteroatoms. The first-order chi connectivity index (χ1) is 6.24. The first kappa shape index (κ1) is 8.57. The summed E-state index contributed by atoms with van der Waals surface area (Å²) in [6.45, 7) is 1.90. The van der Waals surface area contributed by atoms with E-state index < -0.39 is 0 Å². The van der Waals surface area contributed by atoms with Crippen LogP contribution < -0.4 is 0 Å². The van der Waals surface area contributed by atoms with Gasteiger partial charge in [0.25, 0.3) is 0 Å². The van der Waals surface area contributed by atoms with Crippen LogP contribution in [0.4, 0.5) is 0 Å². The molecule has 13 heavy (non-hydrogen) atoms. The molecular formula is C11H14O2. The summed E-state index contributed by atoms with van der Waals surface area (Å²) in [4.78, 5) is 0. The van der Waals surface area contributed by atoms with Crippen molar-refractivity contribution in [3.05, 3.63) is 28.8 Å². The Bertz CT molecular complexity index is 327. The lowest BCUT2D eigenvalue weighted by atomic mass is 9.98. The lowest BCUT2D eigenvalue weighted by Gasteiger charge is -2.10. The molecule has 1 aliphatic carbocycles. The van der Waals surface area contributed by atoms with Crippen LogP contribution in [-0.4, -0.2) is 10.2 Å². The second kappa shape index (κ2) is 3.04. The van der Waals surface area contributed by atoms with Crippen molar-refractivity contribution in [3.8, 4) is 5.75 Å². The number of aliphatic hydroxyl groups excluding tert-OH is 1. The minimum atomic E-state index is -0.0712. The van der Waals surface area contributed by atoms with Crippen LogP contribution in [0.5, 0.6) is 5.75 Å². The molecule has 1 aromatic carbocycles. The van der Waals surface area contributed by atoms with Crippen molar-refractivity contribution in [3.63, 3.8) is 0 Å². The maximum Gasteiger partial charge on any atom is 0.121 e. The fraction of sp³-hybridized carbons (Fsp3) is 0.455. The first-order valence-electron chi connectivity index (χ1n) is 4.66. The van der Waals surface area contributed by atoms with E-state index in [0.717, 1.165) is 5.56 Å². The summed E-state index contributed by atoms with van der Waals surface area (Å²) in [6, 6.07) is 3.66. The number of hydrogen-bond donors (Lipinski definition) is 2. The van der Waals surface area contributed by atoms with Crippen LogP contribution in [0.3, 0.4) is 0 Å². The van der Waals surface area contributed by atoms with E-state index in [1.807, 2.05) is 13.0 Å². The molecule has 0 aliphatic heterocycles. The van der Waals surface area contributed by atoms with Gasteiger partial charge in [-0.2, -0.15) is 0 Å². The van der Waals surface area contributed by atoms with Crippen LogP contribution in [0, 0.1) is 6.92 Å². The van der Waals surface area contributed by atoms with Gasteiger partial charge >= 0.3 is 0 Å². The Kier molecular flexibility index (Phi) is 2.00. The highest BCUT2D eigenvalue weighted by Gasteiger charge is 2.26. The summed E-state index contributed by atoms with van der Waals surface area (Å²) >= 11 is 0. The smallest absolute Gasteiger partial charge is 0.121 e. The molecule has 1 saturated carbocycles.